The van der Waals surface area contributed by atoms with Gasteiger partial charge < -0.3 is 15.2 Å². The van der Waals surface area contributed by atoms with Gasteiger partial charge in [0, 0.05) is 24.7 Å². The minimum atomic E-state index is -0.0757. The number of aromatic nitrogens is 4. The number of fused-ring (bicyclic) bond motifs is 1. The summed E-state index contributed by atoms with van der Waals surface area (Å²) < 4.78 is 0. The van der Waals surface area contributed by atoms with Crippen molar-refractivity contribution >= 4 is 22.8 Å². The van der Waals surface area contributed by atoms with Crippen LogP contribution >= 0.6 is 0 Å². The number of hydrogen-bond acceptors (Lipinski definition) is 5. The number of hydrogen-bond donors (Lipinski definition) is 2. The van der Waals surface area contributed by atoms with Gasteiger partial charge in [-0.2, -0.15) is 0 Å². The highest BCUT2D eigenvalue weighted by Gasteiger charge is 2.26. The molecule has 0 aliphatic carbocycles. The van der Waals surface area contributed by atoms with Gasteiger partial charge in [0.2, 0.25) is 5.91 Å². The average molecular weight is 412 g/mol. The molecule has 1 fully saturated rings. The molecule has 0 radical (unpaired) electrons. The van der Waals surface area contributed by atoms with E-state index in [-0.39, 0.29) is 11.8 Å². The number of nitrogens with zero attached hydrogens (tertiary/aromatic N) is 4. The predicted octanol–water partition coefficient (Wildman–Crippen LogP) is 3.55. The summed E-state index contributed by atoms with van der Waals surface area (Å²) in [6, 6.07) is 19.9. The summed E-state index contributed by atoms with van der Waals surface area (Å²) in [4.78, 5) is 31.7. The second-order valence-corrected chi connectivity index (χ2v) is 7.83. The van der Waals surface area contributed by atoms with Gasteiger partial charge >= 0.3 is 0 Å². The van der Waals surface area contributed by atoms with Crippen molar-refractivity contribution in [1.29, 1.82) is 0 Å². The maximum Gasteiger partial charge on any atom is 0.225 e. The fourth-order valence-electron chi connectivity index (χ4n) is 4.09. The van der Waals surface area contributed by atoms with Crippen LogP contribution in [0.4, 0.5) is 5.82 Å². The Balaban J connectivity index is 1.24. The number of nitrogens with one attached hydrogen (secondary N) is 2. The highest BCUT2D eigenvalue weighted by molar-refractivity contribution is 5.80. The molecule has 0 saturated carbocycles. The van der Waals surface area contributed by atoms with Crippen LogP contribution in [0, 0.1) is 5.92 Å². The highest BCUT2D eigenvalue weighted by Crippen LogP contribution is 2.25. The lowest BCUT2D eigenvalue weighted by Crippen LogP contribution is -2.43. The Kier molecular flexibility index (Phi) is 5.31. The third kappa shape index (κ3) is 4.26. The highest BCUT2D eigenvalue weighted by atomic mass is 16.1. The van der Waals surface area contributed by atoms with E-state index in [4.69, 9.17) is 0 Å². The molecule has 1 aliphatic heterocycles. The summed E-state index contributed by atoms with van der Waals surface area (Å²) in [5.74, 6) is 1.62. The number of piperidine rings is 1. The minimum Gasteiger partial charge on any atom is -0.356 e. The van der Waals surface area contributed by atoms with Crippen LogP contribution in [0.3, 0.4) is 0 Å². The van der Waals surface area contributed by atoms with Gasteiger partial charge in [0.15, 0.2) is 0 Å². The summed E-state index contributed by atoms with van der Waals surface area (Å²) in [5, 5.41) is 3.05. The molecule has 156 valence electrons. The van der Waals surface area contributed by atoms with Crippen LogP contribution in [0.25, 0.3) is 22.3 Å². The van der Waals surface area contributed by atoms with Crippen molar-refractivity contribution in [3.63, 3.8) is 0 Å². The molecule has 2 aromatic carbocycles. The quantitative estimate of drug-likeness (QED) is 0.523. The van der Waals surface area contributed by atoms with Crippen LogP contribution in [-0.2, 0) is 11.3 Å². The van der Waals surface area contributed by atoms with Crippen LogP contribution in [0.2, 0.25) is 0 Å². The molecule has 7 nitrogen and oxygen atoms in total. The largest absolute Gasteiger partial charge is 0.356 e. The lowest BCUT2D eigenvalue weighted by atomic mass is 9.97. The Labute approximate surface area is 180 Å². The van der Waals surface area contributed by atoms with Crippen molar-refractivity contribution in [3.8, 4) is 11.3 Å². The smallest absolute Gasteiger partial charge is 0.225 e. The molecule has 4 aromatic rings. The molecule has 1 amide bonds. The van der Waals surface area contributed by atoms with E-state index in [1.54, 1.807) is 6.33 Å². The van der Waals surface area contributed by atoms with E-state index in [2.05, 4.69) is 30.2 Å². The Bertz CT molecular complexity index is 1160. The number of amides is 1. The fourth-order valence-corrected chi connectivity index (χ4v) is 4.09. The van der Waals surface area contributed by atoms with Gasteiger partial charge in [-0.25, -0.2) is 15.0 Å². The number of para-hydroxylation sites is 2. The zero-order valence-corrected chi connectivity index (χ0v) is 17.2. The molecule has 0 bridgehead atoms. The monoisotopic (exact) mass is 412 g/mol. The predicted molar refractivity (Wildman–Crippen MR) is 120 cm³/mol. The topological polar surface area (TPSA) is 86.8 Å². The Hall–Kier alpha value is -3.74. The summed E-state index contributed by atoms with van der Waals surface area (Å²) in [6.45, 7) is 1.94. The van der Waals surface area contributed by atoms with E-state index in [0.717, 1.165) is 53.3 Å². The van der Waals surface area contributed by atoms with E-state index in [1.807, 2.05) is 60.7 Å². The van der Waals surface area contributed by atoms with Gasteiger partial charge in [0.05, 0.1) is 29.2 Å². The fraction of sp³-hybridized carbons (Fsp3) is 0.250. The maximum atomic E-state index is 12.8. The third-order valence-electron chi connectivity index (χ3n) is 5.71. The van der Waals surface area contributed by atoms with Gasteiger partial charge in [-0.1, -0.05) is 42.5 Å². The molecule has 1 unspecified atom stereocenters. The van der Waals surface area contributed by atoms with E-state index >= 15 is 0 Å². The number of H-pyrrole nitrogens is 1. The number of carbonyl (C=O) groups is 1. The lowest BCUT2D eigenvalue weighted by Gasteiger charge is -2.32. The van der Waals surface area contributed by atoms with Gasteiger partial charge in [-0.05, 0) is 25.0 Å². The summed E-state index contributed by atoms with van der Waals surface area (Å²) >= 11 is 0. The van der Waals surface area contributed by atoms with Crippen molar-refractivity contribution in [3.05, 3.63) is 72.8 Å². The summed E-state index contributed by atoms with van der Waals surface area (Å²) in [5.41, 5.74) is 3.84. The number of benzene rings is 2. The van der Waals surface area contributed by atoms with Crippen molar-refractivity contribution in [2.24, 2.45) is 5.92 Å². The normalized spacial score (nSPS) is 16.4. The first kappa shape index (κ1) is 19.2. The third-order valence-corrected chi connectivity index (χ3v) is 5.71. The van der Waals surface area contributed by atoms with Crippen LogP contribution < -0.4 is 10.2 Å². The molecular weight excluding hydrogens is 388 g/mol. The molecule has 3 heterocycles. The molecule has 31 heavy (non-hydrogen) atoms. The number of rotatable bonds is 5. The van der Waals surface area contributed by atoms with Crippen molar-refractivity contribution in [1.82, 2.24) is 25.3 Å². The molecule has 5 rings (SSSR count). The molecular formula is C24H24N6O. The number of carbonyl (C=O) groups excluding carboxylic acids is 1. The Morgan fingerprint density at radius 2 is 1.94 bits per heavy atom. The van der Waals surface area contributed by atoms with Crippen molar-refractivity contribution < 1.29 is 4.79 Å². The number of aromatic amines is 1. The first-order valence-electron chi connectivity index (χ1n) is 10.6. The zero-order chi connectivity index (χ0) is 21.0. The van der Waals surface area contributed by atoms with Gasteiger partial charge in [0.1, 0.15) is 18.0 Å². The van der Waals surface area contributed by atoms with Gasteiger partial charge in [-0.3, -0.25) is 4.79 Å². The maximum absolute atomic E-state index is 12.8. The first-order chi connectivity index (χ1) is 15.3. The van der Waals surface area contributed by atoms with E-state index in [1.165, 1.54) is 0 Å². The summed E-state index contributed by atoms with van der Waals surface area (Å²) in [6.07, 6.45) is 3.43. The molecule has 1 aliphatic rings. The van der Waals surface area contributed by atoms with Gasteiger partial charge in [0.25, 0.3) is 0 Å². The molecule has 1 atom stereocenters. The van der Waals surface area contributed by atoms with Gasteiger partial charge in [-0.15, -0.1) is 0 Å². The van der Waals surface area contributed by atoms with Crippen molar-refractivity contribution in [2.45, 2.75) is 19.4 Å². The van der Waals surface area contributed by atoms with Crippen LogP contribution in [0.1, 0.15) is 18.7 Å². The Morgan fingerprint density at radius 1 is 1.10 bits per heavy atom. The van der Waals surface area contributed by atoms with E-state index in [9.17, 15) is 4.79 Å². The van der Waals surface area contributed by atoms with E-state index in [0.29, 0.717) is 13.1 Å². The van der Waals surface area contributed by atoms with Crippen molar-refractivity contribution in [2.75, 3.05) is 18.0 Å². The Morgan fingerprint density at radius 3 is 2.81 bits per heavy atom. The molecule has 0 spiro atoms. The lowest BCUT2D eigenvalue weighted by molar-refractivity contribution is -0.125. The van der Waals surface area contributed by atoms with Crippen LogP contribution in [-0.4, -0.2) is 38.9 Å². The van der Waals surface area contributed by atoms with Crippen LogP contribution in [0.15, 0.2) is 67.0 Å². The summed E-state index contributed by atoms with van der Waals surface area (Å²) in [7, 11) is 0. The molecule has 1 saturated heterocycles. The number of anilines is 1. The standard InChI is InChI=1S/C24H24N6O/c31-24(25-14-22-28-19-10-4-5-11-20(19)29-22)18-9-6-12-30(15-18)23-13-21(26-16-27-23)17-7-2-1-3-8-17/h1-5,7-8,10-11,13,16,18H,6,9,12,14-15H2,(H,25,31)(H,28,29). The van der Waals surface area contributed by atoms with E-state index < -0.39 is 0 Å². The second kappa shape index (κ2) is 8.55. The second-order valence-electron chi connectivity index (χ2n) is 7.83. The molecule has 7 heteroatoms. The average Bonchev–Trinajstić information content (AvgIpc) is 3.26. The zero-order valence-electron chi connectivity index (χ0n) is 17.2. The number of imidazole rings is 1. The minimum absolute atomic E-state index is 0.0579. The first-order valence-corrected chi connectivity index (χ1v) is 10.6. The molecule has 2 N–H and O–H groups in total. The van der Waals surface area contributed by atoms with Crippen LogP contribution in [0.5, 0.6) is 0 Å². The molecule has 2 aromatic heterocycles. The SMILES string of the molecule is O=C(NCc1nc2ccccc2[nH]1)C1CCCN(c2cc(-c3ccccc3)ncn2)C1.